The van der Waals surface area contributed by atoms with Crippen LogP contribution in [0.3, 0.4) is 0 Å². The van der Waals surface area contributed by atoms with Crippen molar-refractivity contribution in [1.82, 2.24) is 9.55 Å². The highest BCUT2D eigenvalue weighted by molar-refractivity contribution is 5.94. The predicted octanol–water partition coefficient (Wildman–Crippen LogP) is 3.12. The first kappa shape index (κ1) is 16.1. The third kappa shape index (κ3) is 2.59. The highest BCUT2D eigenvalue weighted by atomic mass is 16.3. The summed E-state index contributed by atoms with van der Waals surface area (Å²) in [6.07, 6.45) is 5.56. The second-order valence-corrected chi connectivity index (χ2v) is 7.37. The molecule has 2 N–H and O–H groups in total. The van der Waals surface area contributed by atoms with Crippen molar-refractivity contribution in [3.8, 4) is 6.07 Å². The number of hydrogen-bond acceptors (Lipinski definition) is 4. The van der Waals surface area contributed by atoms with Crippen LogP contribution in [-0.2, 0) is 4.79 Å². The van der Waals surface area contributed by atoms with E-state index in [4.69, 9.17) is 5.26 Å². The number of aliphatic hydroxyl groups is 1. The lowest BCUT2D eigenvalue weighted by molar-refractivity contribution is -0.136. The number of anilines is 1. The van der Waals surface area contributed by atoms with E-state index in [0.717, 1.165) is 36.7 Å². The Morgan fingerprint density at radius 2 is 2.20 bits per heavy atom. The number of carbonyl (C=O) groups excluding carboxylic acids is 1. The number of amides is 1. The summed E-state index contributed by atoms with van der Waals surface area (Å²) < 4.78 is 2.05. The molecule has 0 unspecified atom stereocenters. The predicted molar refractivity (Wildman–Crippen MR) is 93.9 cm³/mol. The molecule has 4 rings (SSSR count). The van der Waals surface area contributed by atoms with Crippen molar-refractivity contribution in [3.63, 3.8) is 0 Å². The smallest absolute Gasteiger partial charge is 0.232 e. The number of carbonyl (C=O) groups is 1. The monoisotopic (exact) mass is 338 g/mol. The number of fused-ring (bicyclic) bond motifs is 1. The summed E-state index contributed by atoms with van der Waals surface area (Å²) >= 11 is 0. The molecule has 1 amide bonds. The fraction of sp³-hybridized carbons (Fsp3) is 0.526. The van der Waals surface area contributed by atoms with Crippen molar-refractivity contribution in [2.75, 3.05) is 5.32 Å². The molecule has 0 bridgehead atoms. The van der Waals surface area contributed by atoms with Crippen LogP contribution in [-0.4, -0.2) is 26.2 Å². The van der Waals surface area contributed by atoms with Crippen molar-refractivity contribution in [2.45, 2.75) is 57.1 Å². The van der Waals surface area contributed by atoms with E-state index in [2.05, 4.69) is 20.9 Å². The van der Waals surface area contributed by atoms with Gasteiger partial charge in [-0.25, -0.2) is 4.98 Å². The largest absolute Gasteiger partial charge is 0.389 e. The number of nitrogens with zero attached hydrogens (tertiary/aromatic N) is 3. The molecular formula is C19H22N4O2. The molecule has 0 aliphatic heterocycles. The minimum absolute atomic E-state index is 0.196. The highest BCUT2D eigenvalue weighted by Crippen LogP contribution is 2.40. The molecule has 2 fully saturated rings. The Balaban J connectivity index is 1.68. The molecule has 0 radical (unpaired) electrons. The van der Waals surface area contributed by atoms with Crippen molar-refractivity contribution < 1.29 is 9.90 Å². The van der Waals surface area contributed by atoms with Gasteiger partial charge in [-0.1, -0.05) is 6.92 Å². The van der Waals surface area contributed by atoms with Crippen LogP contribution in [0.5, 0.6) is 0 Å². The van der Waals surface area contributed by atoms with Gasteiger partial charge in [0, 0.05) is 6.04 Å². The average molecular weight is 338 g/mol. The highest BCUT2D eigenvalue weighted by Gasteiger charge is 2.43. The molecule has 1 heterocycles. The number of benzene rings is 1. The minimum atomic E-state index is -0.884. The van der Waals surface area contributed by atoms with E-state index in [1.54, 1.807) is 13.0 Å². The quantitative estimate of drug-likeness (QED) is 0.896. The lowest BCUT2D eigenvalue weighted by Crippen LogP contribution is -2.48. The lowest BCUT2D eigenvalue weighted by Gasteiger charge is -2.40. The van der Waals surface area contributed by atoms with Crippen LogP contribution < -0.4 is 5.32 Å². The Hall–Kier alpha value is -2.39. The zero-order chi connectivity index (χ0) is 17.6. The maximum atomic E-state index is 12.7. The SMILES string of the molecule is C[C@H](C(=O)Nc1nc2ccc(C#N)cc2n1C1CCC1)C1(O)CCC1. The maximum Gasteiger partial charge on any atom is 0.232 e. The molecule has 6 heteroatoms. The van der Waals surface area contributed by atoms with E-state index >= 15 is 0 Å². The molecule has 1 aromatic carbocycles. The van der Waals surface area contributed by atoms with Crippen molar-refractivity contribution >= 4 is 22.9 Å². The maximum absolute atomic E-state index is 12.7. The Kier molecular flexibility index (Phi) is 3.77. The fourth-order valence-electron chi connectivity index (χ4n) is 3.70. The second-order valence-electron chi connectivity index (χ2n) is 7.37. The molecule has 25 heavy (non-hydrogen) atoms. The molecule has 2 aliphatic rings. The van der Waals surface area contributed by atoms with Crippen LogP contribution in [0.15, 0.2) is 18.2 Å². The van der Waals surface area contributed by atoms with Crippen LogP contribution in [0.25, 0.3) is 11.0 Å². The molecule has 1 atom stereocenters. The molecule has 130 valence electrons. The summed E-state index contributed by atoms with van der Waals surface area (Å²) in [7, 11) is 0. The van der Waals surface area contributed by atoms with E-state index < -0.39 is 11.5 Å². The molecule has 2 aliphatic carbocycles. The van der Waals surface area contributed by atoms with Crippen LogP contribution in [0.1, 0.15) is 57.1 Å². The summed E-state index contributed by atoms with van der Waals surface area (Å²) in [5.41, 5.74) is 1.36. The second kappa shape index (κ2) is 5.85. The van der Waals surface area contributed by atoms with Crippen molar-refractivity contribution in [1.29, 1.82) is 5.26 Å². The third-order valence-electron chi connectivity index (χ3n) is 5.91. The molecule has 1 aromatic heterocycles. The van der Waals surface area contributed by atoms with Gasteiger partial charge < -0.3 is 9.67 Å². The summed E-state index contributed by atoms with van der Waals surface area (Å²) in [4.78, 5) is 17.2. The van der Waals surface area contributed by atoms with Crippen molar-refractivity contribution in [2.24, 2.45) is 5.92 Å². The Bertz CT molecular complexity index is 871. The first-order chi connectivity index (χ1) is 12.0. The Morgan fingerprint density at radius 3 is 2.76 bits per heavy atom. The molecule has 2 saturated carbocycles. The Labute approximate surface area is 146 Å². The molecular weight excluding hydrogens is 316 g/mol. The number of nitriles is 1. The van der Waals surface area contributed by atoms with Gasteiger partial charge in [0.2, 0.25) is 11.9 Å². The van der Waals surface area contributed by atoms with Crippen molar-refractivity contribution in [3.05, 3.63) is 23.8 Å². The lowest BCUT2D eigenvalue weighted by atomic mass is 9.71. The van der Waals surface area contributed by atoms with Gasteiger partial charge in [0.25, 0.3) is 0 Å². The number of hydrogen-bond donors (Lipinski definition) is 2. The van der Waals surface area contributed by atoms with Gasteiger partial charge in [-0.05, 0) is 56.7 Å². The topological polar surface area (TPSA) is 90.9 Å². The van der Waals surface area contributed by atoms with E-state index in [1.165, 1.54) is 0 Å². The van der Waals surface area contributed by atoms with Gasteiger partial charge in [0.05, 0.1) is 34.2 Å². The fourth-order valence-corrected chi connectivity index (χ4v) is 3.70. The molecule has 6 nitrogen and oxygen atoms in total. The summed E-state index contributed by atoms with van der Waals surface area (Å²) in [5.74, 6) is -0.140. The summed E-state index contributed by atoms with van der Waals surface area (Å²) in [6.45, 7) is 1.78. The third-order valence-corrected chi connectivity index (χ3v) is 5.91. The zero-order valence-electron chi connectivity index (χ0n) is 14.3. The van der Waals surface area contributed by atoms with E-state index in [9.17, 15) is 9.90 Å². The Morgan fingerprint density at radius 1 is 1.44 bits per heavy atom. The first-order valence-electron chi connectivity index (χ1n) is 8.97. The van der Waals surface area contributed by atoms with E-state index in [0.29, 0.717) is 30.4 Å². The van der Waals surface area contributed by atoms with Gasteiger partial charge in [0.1, 0.15) is 0 Å². The zero-order valence-corrected chi connectivity index (χ0v) is 14.3. The van der Waals surface area contributed by atoms with Gasteiger partial charge >= 0.3 is 0 Å². The van der Waals surface area contributed by atoms with E-state index in [1.807, 2.05) is 12.1 Å². The first-order valence-corrected chi connectivity index (χ1v) is 8.97. The molecule has 0 saturated heterocycles. The average Bonchev–Trinajstić information content (AvgIpc) is 2.87. The van der Waals surface area contributed by atoms with Crippen LogP contribution >= 0.6 is 0 Å². The van der Waals surface area contributed by atoms with Gasteiger partial charge in [-0.2, -0.15) is 5.26 Å². The van der Waals surface area contributed by atoms with Gasteiger partial charge in [0.15, 0.2) is 0 Å². The van der Waals surface area contributed by atoms with E-state index in [-0.39, 0.29) is 5.91 Å². The van der Waals surface area contributed by atoms with Crippen LogP contribution in [0.4, 0.5) is 5.95 Å². The summed E-state index contributed by atoms with van der Waals surface area (Å²) in [5, 5.41) is 22.5. The number of rotatable bonds is 4. The van der Waals surface area contributed by atoms with Gasteiger partial charge in [-0.3, -0.25) is 10.1 Å². The molecule has 0 spiro atoms. The van der Waals surface area contributed by atoms with Crippen LogP contribution in [0, 0.1) is 17.2 Å². The number of nitrogens with one attached hydrogen (secondary N) is 1. The molecule has 2 aromatic rings. The number of aromatic nitrogens is 2. The summed E-state index contributed by atoms with van der Waals surface area (Å²) in [6, 6.07) is 7.86. The minimum Gasteiger partial charge on any atom is -0.389 e. The van der Waals surface area contributed by atoms with Gasteiger partial charge in [-0.15, -0.1) is 0 Å². The number of imidazole rings is 1. The van der Waals surface area contributed by atoms with Crippen LogP contribution in [0.2, 0.25) is 0 Å². The standard InChI is InChI=1S/C19H22N4O2/c1-12(19(25)8-3-9-19)17(24)22-18-21-15-7-6-13(11-20)10-16(15)23(18)14-4-2-5-14/h6-7,10,12,14,25H,2-5,8-9H2,1H3,(H,21,22,24)/t12-/m1/s1. The normalized spacial score (nSPS) is 20.4.